The van der Waals surface area contributed by atoms with Gasteiger partial charge in [0.05, 0.1) is 25.2 Å². The molecular weight excluding hydrogens is 466 g/mol. The third kappa shape index (κ3) is 5.90. The molecule has 1 atom stereocenters. The maximum absolute atomic E-state index is 13.1. The Morgan fingerprint density at radius 2 is 1.67 bits per heavy atom. The van der Waals surface area contributed by atoms with Gasteiger partial charge in [0.1, 0.15) is 11.5 Å². The Kier molecular flexibility index (Phi) is 8.99. The number of rotatable bonds is 6. The molecular formula is C23H32ClN3O5S. The zero-order chi connectivity index (χ0) is 23.5. The normalized spacial score (nSPS) is 15.4. The van der Waals surface area contributed by atoms with E-state index in [1.165, 1.54) is 4.31 Å². The number of amides is 2. The van der Waals surface area contributed by atoms with Crippen LogP contribution < -0.4 is 14.8 Å². The van der Waals surface area contributed by atoms with Crippen molar-refractivity contribution >= 4 is 28.5 Å². The van der Waals surface area contributed by atoms with Gasteiger partial charge in [-0.25, -0.2) is 13.2 Å². The van der Waals surface area contributed by atoms with E-state index in [0.717, 1.165) is 16.7 Å². The summed E-state index contributed by atoms with van der Waals surface area (Å²) in [5.41, 5.74) is 2.42. The molecule has 1 saturated heterocycles. The number of carbonyl (C=O) groups is 1. The van der Waals surface area contributed by atoms with Gasteiger partial charge in [-0.3, -0.25) is 0 Å². The van der Waals surface area contributed by atoms with Gasteiger partial charge in [0.15, 0.2) is 0 Å². The molecule has 33 heavy (non-hydrogen) atoms. The zero-order valence-corrected chi connectivity index (χ0v) is 21.3. The van der Waals surface area contributed by atoms with Gasteiger partial charge >= 0.3 is 6.03 Å². The van der Waals surface area contributed by atoms with Crippen LogP contribution in [0.4, 0.5) is 4.79 Å². The summed E-state index contributed by atoms with van der Waals surface area (Å²) in [6.45, 7) is 6.68. The monoisotopic (exact) mass is 497 g/mol. The molecule has 0 spiro atoms. The zero-order valence-electron chi connectivity index (χ0n) is 19.6. The standard InChI is InChI=1S/C23H31N3O5S.ClH/c1-16-6-7-17(2)22(14-16)32(28,29)26-12-10-25(11-13-26)23(27)24-18(3)20-15-19(30-4)8-9-21(20)31-5;/h6-9,14-15,18H,10-13H2,1-5H3,(H,24,27);1H. The third-order valence-electron chi connectivity index (χ3n) is 5.73. The van der Waals surface area contributed by atoms with Crippen LogP contribution in [0.3, 0.4) is 0 Å². The fraction of sp³-hybridized carbons (Fsp3) is 0.435. The van der Waals surface area contributed by atoms with E-state index >= 15 is 0 Å². The molecule has 2 aromatic rings. The number of ether oxygens (including phenoxy) is 2. The van der Waals surface area contributed by atoms with Crippen molar-refractivity contribution in [3.05, 3.63) is 53.1 Å². The quantitative estimate of drug-likeness (QED) is 0.659. The lowest BCUT2D eigenvalue weighted by Gasteiger charge is -2.35. The Morgan fingerprint density at radius 3 is 2.27 bits per heavy atom. The summed E-state index contributed by atoms with van der Waals surface area (Å²) in [6, 6.07) is 10.3. The molecule has 0 saturated carbocycles. The van der Waals surface area contributed by atoms with Crippen LogP contribution in [0.15, 0.2) is 41.3 Å². The molecule has 1 aliphatic heterocycles. The van der Waals surface area contributed by atoms with Crippen molar-refractivity contribution < 1.29 is 22.7 Å². The number of carbonyl (C=O) groups excluding carboxylic acids is 1. The van der Waals surface area contributed by atoms with Gasteiger partial charge < -0.3 is 19.7 Å². The van der Waals surface area contributed by atoms with Crippen molar-refractivity contribution in [3.8, 4) is 11.5 Å². The summed E-state index contributed by atoms with van der Waals surface area (Å²) in [4.78, 5) is 14.8. The summed E-state index contributed by atoms with van der Waals surface area (Å²) in [6.07, 6.45) is 0. The molecule has 1 unspecified atom stereocenters. The predicted molar refractivity (Wildman–Crippen MR) is 130 cm³/mol. The highest BCUT2D eigenvalue weighted by Gasteiger charge is 2.31. The molecule has 1 heterocycles. The first-order chi connectivity index (χ1) is 15.2. The first kappa shape index (κ1) is 26.8. The molecule has 1 N–H and O–H groups in total. The van der Waals surface area contributed by atoms with Gasteiger partial charge in [-0.15, -0.1) is 12.4 Å². The van der Waals surface area contributed by atoms with E-state index in [0.29, 0.717) is 29.5 Å². The van der Waals surface area contributed by atoms with Crippen molar-refractivity contribution in [2.45, 2.75) is 31.7 Å². The van der Waals surface area contributed by atoms with Crippen molar-refractivity contribution in [1.82, 2.24) is 14.5 Å². The first-order valence-corrected chi connectivity index (χ1v) is 12.0. The number of benzene rings is 2. The number of sulfonamides is 1. The Morgan fingerprint density at radius 1 is 1.00 bits per heavy atom. The van der Waals surface area contributed by atoms with E-state index in [9.17, 15) is 13.2 Å². The summed E-state index contributed by atoms with van der Waals surface area (Å²) in [5, 5.41) is 2.98. The second-order valence-corrected chi connectivity index (χ2v) is 9.85. The Bertz CT molecular complexity index is 1090. The topological polar surface area (TPSA) is 88.2 Å². The van der Waals surface area contributed by atoms with Crippen LogP contribution >= 0.6 is 12.4 Å². The Balaban J connectivity index is 0.00000385. The number of aryl methyl sites for hydroxylation is 2. The van der Waals surface area contributed by atoms with Gasteiger partial charge in [-0.1, -0.05) is 12.1 Å². The lowest BCUT2D eigenvalue weighted by molar-refractivity contribution is 0.169. The molecule has 1 fully saturated rings. The largest absolute Gasteiger partial charge is 0.497 e. The van der Waals surface area contributed by atoms with Crippen LogP contribution in [0.25, 0.3) is 0 Å². The van der Waals surface area contributed by atoms with E-state index in [4.69, 9.17) is 9.47 Å². The minimum atomic E-state index is -3.60. The average Bonchev–Trinajstić information content (AvgIpc) is 2.80. The van der Waals surface area contributed by atoms with Gasteiger partial charge in [0.25, 0.3) is 0 Å². The number of piperazine rings is 1. The summed E-state index contributed by atoms with van der Waals surface area (Å²) >= 11 is 0. The number of nitrogens with zero attached hydrogens (tertiary/aromatic N) is 2. The molecule has 182 valence electrons. The van der Waals surface area contributed by atoms with E-state index < -0.39 is 10.0 Å². The van der Waals surface area contributed by atoms with Crippen LogP contribution in [0.5, 0.6) is 11.5 Å². The summed E-state index contributed by atoms with van der Waals surface area (Å²) in [7, 11) is -0.440. The summed E-state index contributed by atoms with van der Waals surface area (Å²) < 4.78 is 38.4. The van der Waals surface area contributed by atoms with Gasteiger partial charge in [0, 0.05) is 31.7 Å². The number of methoxy groups -OCH3 is 2. The number of urea groups is 1. The highest BCUT2D eigenvalue weighted by atomic mass is 35.5. The Labute approximate surface area is 202 Å². The molecule has 8 nitrogen and oxygen atoms in total. The SMILES string of the molecule is COc1ccc(OC)c(C(C)NC(=O)N2CCN(S(=O)(=O)c3cc(C)ccc3C)CC2)c1.Cl. The van der Waals surface area contributed by atoms with E-state index in [2.05, 4.69) is 5.32 Å². The lowest BCUT2D eigenvalue weighted by Crippen LogP contribution is -2.53. The van der Waals surface area contributed by atoms with Crippen LogP contribution in [-0.2, 0) is 10.0 Å². The number of hydrogen-bond acceptors (Lipinski definition) is 5. The average molecular weight is 498 g/mol. The fourth-order valence-corrected chi connectivity index (χ4v) is 5.52. The highest BCUT2D eigenvalue weighted by molar-refractivity contribution is 7.89. The lowest BCUT2D eigenvalue weighted by atomic mass is 10.1. The fourth-order valence-electron chi connectivity index (χ4n) is 3.79. The minimum absolute atomic E-state index is 0. The third-order valence-corrected chi connectivity index (χ3v) is 7.77. The highest BCUT2D eigenvalue weighted by Crippen LogP contribution is 2.29. The molecule has 2 amide bonds. The maximum atomic E-state index is 13.1. The molecule has 10 heteroatoms. The second-order valence-electron chi connectivity index (χ2n) is 7.94. The van der Waals surface area contributed by atoms with Crippen LogP contribution in [0.2, 0.25) is 0 Å². The van der Waals surface area contributed by atoms with Gasteiger partial charge in [-0.05, 0) is 56.2 Å². The van der Waals surface area contributed by atoms with Crippen molar-refractivity contribution in [2.24, 2.45) is 0 Å². The van der Waals surface area contributed by atoms with Crippen LogP contribution in [0, 0.1) is 13.8 Å². The van der Waals surface area contributed by atoms with Crippen molar-refractivity contribution in [2.75, 3.05) is 40.4 Å². The molecule has 0 aliphatic carbocycles. The minimum Gasteiger partial charge on any atom is -0.497 e. The maximum Gasteiger partial charge on any atom is 0.317 e. The second kappa shape index (κ2) is 11.1. The summed E-state index contributed by atoms with van der Waals surface area (Å²) in [5.74, 6) is 1.33. The van der Waals surface area contributed by atoms with Gasteiger partial charge in [0.2, 0.25) is 10.0 Å². The number of hydrogen-bond donors (Lipinski definition) is 1. The molecule has 0 aromatic heterocycles. The predicted octanol–water partition coefficient (Wildman–Crippen LogP) is 3.52. The number of nitrogens with one attached hydrogen (secondary N) is 1. The van der Waals surface area contributed by atoms with Crippen molar-refractivity contribution in [3.63, 3.8) is 0 Å². The molecule has 0 radical (unpaired) electrons. The number of halogens is 1. The molecule has 0 bridgehead atoms. The van der Waals surface area contributed by atoms with Gasteiger partial charge in [-0.2, -0.15) is 4.31 Å². The smallest absolute Gasteiger partial charge is 0.317 e. The van der Waals surface area contributed by atoms with Crippen molar-refractivity contribution in [1.29, 1.82) is 0 Å². The van der Waals surface area contributed by atoms with E-state index in [1.807, 2.05) is 32.0 Å². The molecule has 1 aliphatic rings. The van der Waals surface area contributed by atoms with E-state index in [-0.39, 0.29) is 37.6 Å². The Hall–Kier alpha value is -2.49. The van der Waals surface area contributed by atoms with Crippen LogP contribution in [-0.4, -0.2) is 64.1 Å². The molecule has 2 aromatic carbocycles. The van der Waals surface area contributed by atoms with E-state index in [1.54, 1.807) is 44.2 Å². The first-order valence-electron chi connectivity index (χ1n) is 10.5. The molecule has 3 rings (SSSR count). The van der Waals surface area contributed by atoms with Crippen LogP contribution in [0.1, 0.15) is 29.7 Å².